The summed E-state index contributed by atoms with van der Waals surface area (Å²) >= 11 is 6.00. The Morgan fingerprint density at radius 2 is 1.67 bits per heavy atom. The van der Waals surface area contributed by atoms with E-state index in [1.165, 1.54) is 36.7 Å². The van der Waals surface area contributed by atoms with Crippen LogP contribution in [0.3, 0.4) is 0 Å². The molecule has 0 unspecified atom stereocenters. The standard InChI is InChI=1S/C27H25ClF6N10O2/c1-46-24-37-9-15(10-38-24)14-2-7-20(35-8-14)44(25(45)39-13-26(29,30)31)17-5-3-16(4-6-17)41-23-36-11-18(27(32,33)34)21(42-23)22-19(28)12-40-43-22/h2,7-12,16-17H,3-6,13H2,1H3,(H,39,45)(H,40,43)(H,36,41,42). The second-order valence-corrected chi connectivity index (χ2v) is 10.6. The molecule has 0 radical (unpaired) electrons. The summed E-state index contributed by atoms with van der Waals surface area (Å²) in [6, 6.07) is 1.48. The predicted molar refractivity (Wildman–Crippen MR) is 153 cm³/mol. The van der Waals surface area contributed by atoms with Crippen molar-refractivity contribution in [2.75, 3.05) is 23.9 Å². The van der Waals surface area contributed by atoms with Crippen LogP contribution in [-0.2, 0) is 6.18 Å². The van der Waals surface area contributed by atoms with Gasteiger partial charge in [0.1, 0.15) is 29.3 Å². The van der Waals surface area contributed by atoms with Crippen molar-refractivity contribution in [2.45, 2.75) is 50.1 Å². The Bertz CT molecular complexity index is 1640. The van der Waals surface area contributed by atoms with E-state index in [2.05, 4.69) is 40.4 Å². The molecule has 4 aromatic rings. The summed E-state index contributed by atoms with van der Waals surface area (Å²) in [6.45, 7) is -1.53. The third-order valence-electron chi connectivity index (χ3n) is 7.12. The van der Waals surface area contributed by atoms with Crippen LogP contribution in [-0.4, -0.2) is 73.1 Å². The first-order valence-corrected chi connectivity index (χ1v) is 14.1. The lowest BCUT2D eigenvalue weighted by atomic mass is 9.90. The number of amides is 2. The molecule has 0 saturated heterocycles. The molecule has 5 rings (SSSR count). The van der Waals surface area contributed by atoms with E-state index >= 15 is 0 Å². The van der Waals surface area contributed by atoms with Crippen molar-refractivity contribution in [3.63, 3.8) is 0 Å². The molecule has 46 heavy (non-hydrogen) atoms. The van der Waals surface area contributed by atoms with Gasteiger partial charge in [0.15, 0.2) is 0 Å². The number of urea groups is 1. The molecule has 3 N–H and O–H groups in total. The molecule has 0 aromatic carbocycles. The molecule has 1 aliphatic rings. The smallest absolute Gasteiger partial charge is 0.420 e. The largest absolute Gasteiger partial charge is 0.467 e. The van der Waals surface area contributed by atoms with Gasteiger partial charge in [-0.1, -0.05) is 11.6 Å². The number of hydrogen-bond donors (Lipinski definition) is 3. The SMILES string of the molecule is COc1ncc(-c2ccc(N(C(=O)NCC(F)(F)F)C3CCC(Nc4ncc(C(F)(F)F)c(-c5[nH]ncc5Cl)n4)CC3)nc2)cn1. The van der Waals surface area contributed by atoms with Crippen molar-refractivity contribution in [1.29, 1.82) is 0 Å². The molecule has 1 aliphatic carbocycles. The van der Waals surface area contributed by atoms with E-state index < -0.39 is 42.2 Å². The number of aromatic nitrogens is 7. The van der Waals surface area contributed by atoms with E-state index in [1.54, 1.807) is 6.07 Å². The van der Waals surface area contributed by atoms with Gasteiger partial charge in [0, 0.05) is 48.0 Å². The average Bonchev–Trinajstić information content (AvgIpc) is 3.46. The molecule has 1 fully saturated rings. The number of methoxy groups -OCH3 is 1. The van der Waals surface area contributed by atoms with Crippen LogP contribution in [0.5, 0.6) is 6.01 Å². The van der Waals surface area contributed by atoms with Crippen LogP contribution in [0.1, 0.15) is 31.2 Å². The summed E-state index contributed by atoms with van der Waals surface area (Å²) in [5.74, 6) is 0.0399. The Morgan fingerprint density at radius 3 is 2.24 bits per heavy atom. The van der Waals surface area contributed by atoms with Gasteiger partial charge in [-0.2, -0.15) is 31.4 Å². The average molecular weight is 671 g/mol. The van der Waals surface area contributed by atoms with Crippen LogP contribution >= 0.6 is 11.6 Å². The summed E-state index contributed by atoms with van der Waals surface area (Å²) in [6.07, 6.45) is -1.69. The summed E-state index contributed by atoms with van der Waals surface area (Å²) in [7, 11) is 1.42. The second-order valence-electron chi connectivity index (χ2n) is 10.2. The molecule has 244 valence electrons. The second kappa shape index (κ2) is 13.3. The minimum atomic E-state index is -4.76. The predicted octanol–water partition coefficient (Wildman–Crippen LogP) is 5.90. The van der Waals surface area contributed by atoms with E-state index in [1.807, 2.05) is 5.32 Å². The van der Waals surface area contributed by atoms with Crippen LogP contribution in [0, 0.1) is 0 Å². The fraction of sp³-hybridized carbons (Fsp3) is 0.370. The molecule has 12 nitrogen and oxygen atoms in total. The zero-order valence-electron chi connectivity index (χ0n) is 23.8. The Labute approximate surface area is 262 Å². The number of rotatable bonds is 8. The lowest BCUT2D eigenvalue weighted by Crippen LogP contribution is -2.50. The van der Waals surface area contributed by atoms with Gasteiger partial charge in [-0.15, -0.1) is 0 Å². The van der Waals surface area contributed by atoms with Gasteiger partial charge >= 0.3 is 24.4 Å². The van der Waals surface area contributed by atoms with Crippen LogP contribution in [0.25, 0.3) is 22.5 Å². The Morgan fingerprint density at radius 1 is 0.978 bits per heavy atom. The molecule has 0 bridgehead atoms. The Kier molecular flexibility index (Phi) is 9.45. The van der Waals surface area contributed by atoms with Crippen LogP contribution in [0.2, 0.25) is 5.02 Å². The molecule has 4 aromatic heterocycles. The first-order chi connectivity index (χ1) is 21.8. The Balaban J connectivity index is 1.32. The summed E-state index contributed by atoms with van der Waals surface area (Å²) in [5.41, 5.74) is -0.511. The molecule has 0 spiro atoms. The van der Waals surface area contributed by atoms with Gasteiger partial charge < -0.3 is 15.4 Å². The lowest BCUT2D eigenvalue weighted by Gasteiger charge is -2.36. The number of anilines is 2. The molecule has 0 aliphatic heterocycles. The van der Waals surface area contributed by atoms with E-state index in [9.17, 15) is 31.1 Å². The molecule has 19 heteroatoms. The van der Waals surface area contributed by atoms with Crippen molar-refractivity contribution < 1.29 is 35.9 Å². The highest BCUT2D eigenvalue weighted by Crippen LogP contribution is 2.38. The first kappa shape index (κ1) is 32.6. The minimum absolute atomic E-state index is 0.0569. The van der Waals surface area contributed by atoms with Gasteiger partial charge in [-0.3, -0.25) is 10.00 Å². The molecule has 1 saturated carbocycles. The number of carbonyl (C=O) groups is 1. The zero-order valence-corrected chi connectivity index (χ0v) is 24.6. The fourth-order valence-electron chi connectivity index (χ4n) is 4.94. The van der Waals surface area contributed by atoms with Crippen molar-refractivity contribution in [3.8, 4) is 28.5 Å². The fourth-order valence-corrected chi connectivity index (χ4v) is 5.12. The normalized spacial score (nSPS) is 17.0. The number of nitrogens with one attached hydrogen (secondary N) is 3. The summed E-state index contributed by atoms with van der Waals surface area (Å²) in [5, 5.41) is 11.0. The van der Waals surface area contributed by atoms with Crippen LogP contribution < -0.4 is 20.3 Å². The van der Waals surface area contributed by atoms with Gasteiger partial charge in [-0.05, 0) is 37.8 Å². The van der Waals surface area contributed by atoms with E-state index in [4.69, 9.17) is 16.3 Å². The van der Waals surface area contributed by atoms with Crippen LogP contribution in [0.4, 0.5) is 42.9 Å². The maximum atomic E-state index is 13.7. The minimum Gasteiger partial charge on any atom is -0.467 e. The van der Waals surface area contributed by atoms with Gasteiger partial charge in [0.05, 0.1) is 18.3 Å². The molecular formula is C27H25ClF6N10O2. The third kappa shape index (κ3) is 7.72. The van der Waals surface area contributed by atoms with E-state index in [0.717, 1.165) is 6.20 Å². The van der Waals surface area contributed by atoms with E-state index in [-0.39, 0.29) is 34.5 Å². The maximum absolute atomic E-state index is 13.7. The van der Waals surface area contributed by atoms with Crippen molar-refractivity contribution >= 4 is 29.4 Å². The quantitative estimate of drug-likeness (QED) is 0.195. The van der Waals surface area contributed by atoms with Crippen molar-refractivity contribution in [2.24, 2.45) is 0 Å². The number of alkyl halides is 6. The third-order valence-corrected chi connectivity index (χ3v) is 7.40. The number of hydrogen-bond acceptors (Lipinski definition) is 9. The van der Waals surface area contributed by atoms with Gasteiger partial charge in [0.25, 0.3) is 0 Å². The van der Waals surface area contributed by atoms with Gasteiger partial charge in [0.2, 0.25) is 5.95 Å². The zero-order chi connectivity index (χ0) is 33.1. The monoisotopic (exact) mass is 670 g/mol. The molecule has 0 atom stereocenters. The first-order valence-electron chi connectivity index (χ1n) is 13.7. The molecule has 2 amide bonds. The number of carbonyl (C=O) groups excluding carboxylic acids is 1. The Hall–Kier alpha value is -4.74. The van der Waals surface area contributed by atoms with Crippen molar-refractivity contribution in [3.05, 3.63) is 53.7 Å². The number of H-pyrrole nitrogens is 1. The lowest BCUT2D eigenvalue weighted by molar-refractivity contribution is -0.137. The number of ether oxygens (including phenoxy) is 1. The van der Waals surface area contributed by atoms with E-state index in [0.29, 0.717) is 43.0 Å². The van der Waals surface area contributed by atoms with Gasteiger partial charge in [-0.25, -0.2) is 29.7 Å². The maximum Gasteiger partial charge on any atom is 0.420 e. The summed E-state index contributed by atoms with van der Waals surface area (Å²) < 4.78 is 84.7. The molecular weight excluding hydrogens is 646 g/mol. The number of halogens is 7. The molecule has 4 heterocycles. The van der Waals surface area contributed by atoms with Crippen LogP contribution in [0.15, 0.2) is 43.1 Å². The number of aromatic amines is 1. The topological polar surface area (TPSA) is 147 Å². The number of pyridine rings is 1. The number of nitrogens with zero attached hydrogens (tertiary/aromatic N) is 7. The highest BCUT2D eigenvalue weighted by molar-refractivity contribution is 6.32. The summed E-state index contributed by atoms with van der Waals surface area (Å²) in [4.78, 5) is 34.6. The highest BCUT2D eigenvalue weighted by Gasteiger charge is 2.37. The highest BCUT2D eigenvalue weighted by atomic mass is 35.5. The van der Waals surface area contributed by atoms with Crippen molar-refractivity contribution in [1.82, 2.24) is 40.4 Å².